The Labute approximate surface area is 167 Å². The molecule has 0 saturated heterocycles. The third kappa shape index (κ3) is 5.00. The van der Waals surface area contributed by atoms with Crippen LogP contribution in [-0.4, -0.2) is 44.5 Å². The van der Waals surface area contributed by atoms with Crippen LogP contribution in [0.25, 0.3) is 0 Å². The molecule has 1 amide bonds. The SMILES string of the molecule is COC(=O)c1c(C)[nH]c(C(=O)O[C@@H](C)C(=O)Nc2ccc(S(N)(=O)=O)cc2)c1C. The van der Waals surface area contributed by atoms with Gasteiger partial charge in [0, 0.05) is 11.4 Å². The minimum Gasteiger partial charge on any atom is -0.465 e. The van der Waals surface area contributed by atoms with E-state index in [1.807, 2.05) is 0 Å². The van der Waals surface area contributed by atoms with Crippen molar-refractivity contribution in [2.75, 3.05) is 12.4 Å². The van der Waals surface area contributed by atoms with Gasteiger partial charge in [0.2, 0.25) is 10.0 Å². The monoisotopic (exact) mass is 423 g/mol. The number of esters is 2. The minimum atomic E-state index is -3.84. The number of anilines is 1. The molecular weight excluding hydrogens is 402 g/mol. The molecule has 0 spiro atoms. The number of H-pyrrole nitrogens is 1. The van der Waals surface area contributed by atoms with Crippen molar-refractivity contribution in [3.63, 3.8) is 0 Å². The summed E-state index contributed by atoms with van der Waals surface area (Å²) in [5.74, 6) is -2.03. The average Bonchev–Trinajstić information content (AvgIpc) is 2.95. The van der Waals surface area contributed by atoms with Gasteiger partial charge in [0.25, 0.3) is 5.91 Å². The first-order valence-electron chi connectivity index (χ1n) is 8.38. The second-order valence-electron chi connectivity index (χ2n) is 6.22. The number of hydrogen-bond acceptors (Lipinski definition) is 7. The number of rotatable bonds is 6. The quantitative estimate of drug-likeness (QED) is 0.590. The highest BCUT2D eigenvalue weighted by Gasteiger charge is 2.26. The fourth-order valence-electron chi connectivity index (χ4n) is 2.61. The van der Waals surface area contributed by atoms with Crippen LogP contribution in [0, 0.1) is 13.8 Å². The summed E-state index contributed by atoms with van der Waals surface area (Å²) in [7, 11) is -2.61. The number of sulfonamides is 1. The molecule has 156 valence electrons. The average molecular weight is 423 g/mol. The van der Waals surface area contributed by atoms with Crippen LogP contribution in [0.2, 0.25) is 0 Å². The van der Waals surface area contributed by atoms with Gasteiger partial charge in [-0.1, -0.05) is 0 Å². The molecule has 11 heteroatoms. The minimum absolute atomic E-state index is 0.0417. The van der Waals surface area contributed by atoms with Gasteiger partial charge in [-0.15, -0.1) is 0 Å². The first-order valence-corrected chi connectivity index (χ1v) is 9.92. The molecule has 0 bridgehead atoms. The number of aryl methyl sites for hydroxylation is 1. The van der Waals surface area contributed by atoms with Gasteiger partial charge in [-0.05, 0) is 50.6 Å². The summed E-state index contributed by atoms with van der Waals surface area (Å²) in [6, 6.07) is 5.18. The number of aromatic amines is 1. The lowest BCUT2D eigenvalue weighted by Crippen LogP contribution is -2.30. The molecule has 1 atom stereocenters. The Balaban J connectivity index is 2.08. The van der Waals surface area contributed by atoms with Gasteiger partial charge in [0.15, 0.2) is 6.10 Å². The van der Waals surface area contributed by atoms with Crippen molar-refractivity contribution in [1.29, 1.82) is 0 Å². The molecule has 0 saturated carbocycles. The molecule has 0 aliphatic rings. The maximum absolute atomic E-state index is 12.4. The van der Waals surface area contributed by atoms with Crippen LogP contribution in [0.1, 0.15) is 39.0 Å². The summed E-state index contributed by atoms with van der Waals surface area (Å²) in [6.45, 7) is 4.54. The Bertz CT molecular complexity index is 1060. The van der Waals surface area contributed by atoms with Crippen LogP contribution in [-0.2, 0) is 24.3 Å². The van der Waals surface area contributed by atoms with E-state index in [0.29, 0.717) is 16.9 Å². The number of carbonyl (C=O) groups is 3. The molecule has 2 aromatic rings. The Kier molecular flexibility index (Phi) is 6.44. The largest absolute Gasteiger partial charge is 0.465 e. The van der Waals surface area contributed by atoms with Gasteiger partial charge in [0.05, 0.1) is 17.6 Å². The first kappa shape index (κ1) is 22.1. The Hall–Kier alpha value is -3.18. The van der Waals surface area contributed by atoms with Crippen molar-refractivity contribution in [1.82, 2.24) is 4.98 Å². The zero-order valence-corrected chi connectivity index (χ0v) is 17.0. The smallest absolute Gasteiger partial charge is 0.355 e. The van der Waals surface area contributed by atoms with Gasteiger partial charge in [-0.25, -0.2) is 23.1 Å². The van der Waals surface area contributed by atoms with Crippen molar-refractivity contribution in [3.05, 3.63) is 46.8 Å². The van der Waals surface area contributed by atoms with E-state index in [9.17, 15) is 22.8 Å². The second kappa shape index (κ2) is 8.45. The maximum Gasteiger partial charge on any atom is 0.355 e. The summed E-state index contributed by atoms with van der Waals surface area (Å²) in [5.41, 5.74) is 1.36. The number of amides is 1. The van der Waals surface area contributed by atoms with Crippen molar-refractivity contribution in [3.8, 4) is 0 Å². The lowest BCUT2D eigenvalue weighted by Gasteiger charge is -2.13. The van der Waals surface area contributed by atoms with E-state index in [1.165, 1.54) is 38.3 Å². The van der Waals surface area contributed by atoms with Gasteiger partial charge in [-0.3, -0.25) is 4.79 Å². The molecule has 1 aromatic carbocycles. The molecule has 0 aliphatic heterocycles. The van der Waals surface area contributed by atoms with E-state index in [4.69, 9.17) is 9.88 Å². The number of methoxy groups -OCH3 is 1. The predicted octanol–water partition coefficient (Wildman–Crippen LogP) is 1.25. The molecule has 1 aromatic heterocycles. The first-order chi connectivity index (χ1) is 13.5. The van der Waals surface area contributed by atoms with Gasteiger partial charge in [0.1, 0.15) is 5.69 Å². The van der Waals surface area contributed by atoms with Crippen molar-refractivity contribution in [2.45, 2.75) is 31.8 Å². The van der Waals surface area contributed by atoms with Crippen LogP contribution in [0.15, 0.2) is 29.2 Å². The number of carbonyl (C=O) groups excluding carboxylic acids is 3. The van der Waals surface area contributed by atoms with E-state index < -0.39 is 34.0 Å². The normalized spacial score (nSPS) is 12.2. The Morgan fingerprint density at radius 1 is 1.10 bits per heavy atom. The van der Waals surface area contributed by atoms with Gasteiger partial charge in [-0.2, -0.15) is 0 Å². The highest BCUT2D eigenvalue weighted by atomic mass is 32.2. The molecule has 2 rings (SSSR count). The van der Waals surface area contributed by atoms with E-state index in [1.54, 1.807) is 13.8 Å². The zero-order chi connectivity index (χ0) is 21.9. The van der Waals surface area contributed by atoms with E-state index >= 15 is 0 Å². The van der Waals surface area contributed by atoms with Crippen LogP contribution >= 0.6 is 0 Å². The molecule has 1 heterocycles. The third-order valence-corrected chi connectivity index (χ3v) is 5.06. The van der Waals surface area contributed by atoms with Crippen LogP contribution in [0.3, 0.4) is 0 Å². The van der Waals surface area contributed by atoms with E-state index in [-0.39, 0.29) is 16.2 Å². The standard InChI is InChI=1S/C18H21N3O7S/c1-9-14(17(23)27-4)10(2)20-15(9)18(24)28-11(3)16(22)21-12-5-7-13(8-6-12)29(19,25)26/h5-8,11,20H,1-4H3,(H,21,22)(H2,19,25,26)/t11-/m0/s1. The lowest BCUT2D eigenvalue weighted by molar-refractivity contribution is -0.123. The molecule has 0 radical (unpaired) electrons. The molecule has 29 heavy (non-hydrogen) atoms. The molecule has 0 aliphatic carbocycles. The van der Waals surface area contributed by atoms with Crippen molar-refractivity contribution >= 4 is 33.6 Å². The van der Waals surface area contributed by atoms with Crippen molar-refractivity contribution in [2.24, 2.45) is 5.14 Å². The fourth-order valence-corrected chi connectivity index (χ4v) is 3.12. The van der Waals surface area contributed by atoms with Crippen LogP contribution in [0.5, 0.6) is 0 Å². The number of hydrogen-bond donors (Lipinski definition) is 3. The third-order valence-electron chi connectivity index (χ3n) is 4.13. The summed E-state index contributed by atoms with van der Waals surface area (Å²) < 4.78 is 32.3. The second-order valence-corrected chi connectivity index (χ2v) is 7.78. The molecule has 0 fully saturated rings. The lowest BCUT2D eigenvalue weighted by atomic mass is 10.1. The number of ether oxygens (including phenoxy) is 2. The predicted molar refractivity (Wildman–Crippen MR) is 103 cm³/mol. The zero-order valence-electron chi connectivity index (χ0n) is 16.2. The molecule has 0 unspecified atom stereocenters. The summed E-state index contributed by atoms with van der Waals surface area (Å²) in [5, 5.41) is 7.51. The molecule has 4 N–H and O–H groups in total. The summed E-state index contributed by atoms with van der Waals surface area (Å²) in [6.07, 6.45) is -1.16. The van der Waals surface area contributed by atoms with Crippen LogP contribution < -0.4 is 10.5 Å². The van der Waals surface area contributed by atoms with Gasteiger partial charge >= 0.3 is 11.9 Å². The number of nitrogens with two attached hydrogens (primary N) is 1. The maximum atomic E-state index is 12.4. The highest BCUT2D eigenvalue weighted by Crippen LogP contribution is 2.20. The Morgan fingerprint density at radius 2 is 1.69 bits per heavy atom. The number of benzene rings is 1. The summed E-state index contributed by atoms with van der Waals surface area (Å²) in [4.78, 5) is 39.1. The Morgan fingerprint density at radius 3 is 2.21 bits per heavy atom. The highest BCUT2D eigenvalue weighted by molar-refractivity contribution is 7.89. The van der Waals surface area contributed by atoms with Crippen molar-refractivity contribution < 1.29 is 32.3 Å². The van der Waals surface area contributed by atoms with Gasteiger partial charge < -0.3 is 19.8 Å². The fraction of sp³-hybridized carbons (Fsp3) is 0.278. The number of nitrogens with one attached hydrogen (secondary N) is 2. The topological polar surface area (TPSA) is 158 Å². The van der Waals surface area contributed by atoms with E-state index in [2.05, 4.69) is 15.0 Å². The molecule has 10 nitrogen and oxygen atoms in total. The number of aromatic nitrogens is 1. The number of primary sulfonamides is 1. The van der Waals surface area contributed by atoms with Crippen LogP contribution in [0.4, 0.5) is 5.69 Å². The molecular formula is C18H21N3O7S. The summed E-state index contributed by atoms with van der Waals surface area (Å²) >= 11 is 0. The van der Waals surface area contributed by atoms with E-state index in [0.717, 1.165) is 0 Å².